The van der Waals surface area contributed by atoms with E-state index in [-0.39, 0.29) is 0 Å². The van der Waals surface area contributed by atoms with Crippen molar-refractivity contribution in [3.63, 3.8) is 0 Å². The Morgan fingerprint density at radius 2 is 2.43 bits per heavy atom. The second-order valence-corrected chi connectivity index (χ2v) is 4.93. The van der Waals surface area contributed by atoms with Gasteiger partial charge < -0.3 is 5.32 Å². The number of hydrogen-bond acceptors (Lipinski definition) is 3. The highest BCUT2D eigenvalue weighted by Gasteiger charge is 2.01. The Kier molecular flexibility index (Phi) is 2.84. The Morgan fingerprint density at radius 1 is 1.57 bits per heavy atom. The molecule has 0 aliphatic heterocycles. The number of nitrogens with zero attached hydrogens (tertiary/aromatic N) is 1. The number of halogens is 1. The van der Waals surface area contributed by atoms with Gasteiger partial charge in [0.1, 0.15) is 5.82 Å². The second-order valence-electron chi connectivity index (χ2n) is 2.86. The van der Waals surface area contributed by atoms with Crippen molar-refractivity contribution in [3.05, 3.63) is 34.8 Å². The summed E-state index contributed by atoms with van der Waals surface area (Å²) in [6.07, 6.45) is 1.82. The van der Waals surface area contributed by atoms with E-state index >= 15 is 0 Å². The summed E-state index contributed by atoms with van der Waals surface area (Å²) in [5.41, 5.74) is 0. The molecule has 2 rings (SSSR count). The fraction of sp³-hybridized carbons (Fsp3) is 0.100. The molecule has 0 spiro atoms. The Labute approximate surface area is 94.8 Å². The monoisotopic (exact) mass is 268 g/mol. The number of thiophene rings is 1. The van der Waals surface area contributed by atoms with Gasteiger partial charge in [0.05, 0.1) is 0 Å². The zero-order valence-electron chi connectivity index (χ0n) is 7.46. The average Bonchev–Trinajstić information content (AvgIpc) is 2.62. The molecule has 2 aromatic heterocycles. The third-order valence-corrected chi connectivity index (χ3v) is 2.99. The molecule has 4 heteroatoms. The molecular weight excluding hydrogens is 260 g/mol. The fourth-order valence-corrected chi connectivity index (χ4v) is 2.14. The van der Waals surface area contributed by atoms with Gasteiger partial charge in [-0.2, -0.15) is 0 Å². The summed E-state index contributed by atoms with van der Waals surface area (Å²) in [6.45, 7) is 4.46. The van der Waals surface area contributed by atoms with E-state index in [1.54, 1.807) is 11.3 Å². The number of fused-ring (bicyclic) bond motifs is 1. The lowest BCUT2D eigenvalue weighted by Crippen LogP contribution is -2.02. The van der Waals surface area contributed by atoms with Gasteiger partial charge in [0.25, 0.3) is 0 Å². The van der Waals surface area contributed by atoms with Crippen LogP contribution in [0.1, 0.15) is 0 Å². The third-order valence-electron chi connectivity index (χ3n) is 1.83. The molecule has 0 unspecified atom stereocenters. The minimum absolute atomic E-state index is 0.696. The number of aromatic nitrogens is 1. The average molecular weight is 269 g/mol. The van der Waals surface area contributed by atoms with E-state index in [4.69, 9.17) is 0 Å². The van der Waals surface area contributed by atoms with Crippen LogP contribution in [0.4, 0.5) is 5.82 Å². The number of rotatable bonds is 3. The van der Waals surface area contributed by atoms with Crippen LogP contribution in [0.3, 0.4) is 0 Å². The van der Waals surface area contributed by atoms with E-state index in [0.717, 1.165) is 10.3 Å². The van der Waals surface area contributed by atoms with Crippen molar-refractivity contribution in [2.75, 3.05) is 11.9 Å². The Morgan fingerprint density at radius 3 is 3.21 bits per heavy atom. The van der Waals surface area contributed by atoms with Crippen LogP contribution in [-0.2, 0) is 0 Å². The number of hydrogen-bond donors (Lipinski definition) is 1. The van der Waals surface area contributed by atoms with Gasteiger partial charge in [-0.05, 0) is 17.5 Å². The molecule has 0 aliphatic rings. The van der Waals surface area contributed by atoms with Crippen LogP contribution in [0, 0.1) is 0 Å². The van der Waals surface area contributed by atoms with Gasteiger partial charge in [0.15, 0.2) is 0 Å². The molecule has 2 aromatic rings. The van der Waals surface area contributed by atoms with Crippen LogP contribution in [0.15, 0.2) is 34.8 Å². The molecule has 0 bridgehead atoms. The Balaban J connectivity index is 2.32. The van der Waals surface area contributed by atoms with Crippen LogP contribution in [0.2, 0.25) is 0 Å². The molecule has 72 valence electrons. The van der Waals surface area contributed by atoms with Gasteiger partial charge in [-0.25, -0.2) is 4.98 Å². The molecule has 2 nitrogen and oxygen atoms in total. The molecule has 2 heterocycles. The molecule has 0 atom stereocenters. The Hall–Kier alpha value is -0.870. The van der Waals surface area contributed by atoms with Crippen LogP contribution in [-0.4, -0.2) is 11.5 Å². The van der Waals surface area contributed by atoms with Gasteiger partial charge in [-0.15, -0.1) is 11.3 Å². The first-order chi connectivity index (χ1) is 6.77. The normalized spacial score (nSPS) is 10.4. The lowest BCUT2D eigenvalue weighted by molar-refractivity contribution is 1.25. The zero-order valence-corrected chi connectivity index (χ0v) is 9.86. The molecule has 0 aromatic carbocycles. The summed E-state index contributed by atoms with van der Waals surface area (Å²) in [6, 6.07) is 4.10. The predicted molar refractivity (Wildman–Crippen MR) is 66.2 cm³/mol. The quantitative estimate of drug-likeness (QED) is 0.920. The third kappa shape index (κ3) is 1.96. The molecule has 0 saturated heterocycles. The summed E-state index contributed by atoms with van der Waals surface area (Å²) in [5, 5.41) is 6.46. The van der Waals surface area contributed by atoms with Crippen molar-refractivity contribution in [1.82, 2.24) is 4.98 Å². The maximum Gasteiger partial charge on any atom is 0.134 e. The number of pyridine rings is 1. The summed E-state index contributed by atoms with van der Waals surface area (Å²) in [4.78, 5) is 4.28. The van der Waals surface area contributed by atoms with Crippen molar-refractivity contribution in [3.8, 4) is 0 Å². The lowest BCUT2D eigenvalue weighted by atomic mass is 10.3. The van der Waals surface area contributed by atoms with Crippen LogP contribution >= 0.6 is 27.3 Å². The topological polar surface area (TPSA) is 24.9 Å². The van der Waals surface area contributed by atoms with Crippen molar-refractivity contribution >= 4 is 43.2 Å². The fourth-order valence-electron chi connectivity index (χ4n) is 1.22. The van der Waals surface area contributed by atoms with Crippen LogP contribution in [0.5, 0.6) is 0 Å². The maximum atomic E-state index is 4.28. The molecule has 0 aliphatic carbocycles. The van der Waals surface area contributed by atoms with Crippen molar-refractivity contribution in [2.24, 2.45) is 0 Å². The molecule has 0 amide bonds. The van der Waals surface area contributed by atoms with E-state index < -0.39 is 0 Å². The maximum absolute atomic E-state index is 4.28. The molecular formula is C10H9BrN2S. The van der Waals surface area contributed by atoms with Crippen LogP contribution < -0.4 is 5.32 Å². The highest BCUT2D eigenvalue weighted by molar-refractivity contribution is 9.11. The lowest BCUT2D eigenvalue weighted by Gasteiger charge is -2.04. The molecule has 0 fully saturated rings. The second kappa shape index (κ2) is 4.11. The summed E-state index contributed by atoms with van der Waals surface area (Å²) in [7, 11) is 0. The van der Waals surface area contributed by atoms with E-state index in [9.17, 15) is 0 Å². The first-order valence-electron chi connectivity index (χ1n) is 4.17. The highest BCUT2D eigenvalue weighted by Crippen LogP contribution is 2.25. The number of anilines is 1. The minimum atomic E-state index is 0.696. The Bertz CT molecular complexity index is 464. The van der Waals surface area contributed by atoms with Gasteiger partial charge >= 0.3 is 0 Å². The molecule has 14 heavy (non-hydrogen) atoms. The largest absolute Gasteiger partial charge is 0.365 e. The minimum Gasteiger partial charge on any atom is -0.365 e. The first kappa shape index (κ1) is 9.68. The summed E-state index contributed by atoms with van der Waals surface area (Å²) < 4.78 is 2.18. The van der Waals surface area contributed by atoms with E-state index in [1.807, 2.05) is 12.3 Å². The van der Waals surface area contributed by atoms with Gasteiger partial charge in [0, 0.05) is 27.3 Å². The van der Waals surface area contributed by atoms with Gasteiger partial charge in [-0.3, -0.25) is 0 Å². The SMILES string of the molecule is C=C(Br)CNc1nccc2sccc12. The van der Waals surface area contributed by atoms with Crippen molar-refractivity contribution in [2.45, 2.75) is 0 Å². The summed E-state index contributed by atoms with van der Waals surface area (Å²) >= 11 is 5.03. The van der Waals surface area contributed by atoms with Crippen molar-refractivity contribution < 1.29 is 0 Å². The smallest absolute Gasteiger partial charge is 0.134 e. The van der Waals surface area contributed by atoms with Crippen LogP contribution in [0.25, 0.3) is 10.1 Å². The summed E-state index contributed by atoms with van der Waals surface area (Å²) in [5.74, 6) is 0.921. The van der Waals surface area contributed by atoms with Crippen molar-refractivity contribution in [1.29, 1.82) is 0 Å². The van der Waals surface area contributed by atoms with E-state index in [0.29, 0.717) is 6.54 Å². The zero-order chi connectivity index (χ0) is 9.97. The molecule has 0 radical (unpaired) electrons. The first-order valence-corrected chi connectivity index (χ1v) is 5.84. The van der Waals surface area contributed by atoms with E-state index in [2.05, 4.69) is 44.3 Å². The van der Waals surface area contributed by atoms with Gasteiger partial charge in [-0.1, -0.05) is 22.5 Å². The number of nitrogens with one attached hydrogen (secondary N) is 1. The predicted octanol–water partition coefficient (Wildman–Crippen LogP) is 3.62. The molecule has 1 N–H and O–H groups in total. The standard InChI is InChI=1S/C10H9BrN2S/c1-7(11)6-13-10-8-3-5-14-9(8)2-4-12-10/h2-5H,1,6H2,(H,12,13). The molecule has 0 saturated carbocycles. The highest BCUT2D eigenvalue weighted by atomic mass is 79.9. The van der Waals surface area contributed by atoms with Gasteiger partial charge in [0.2, 0.25) is 0 Å². The van der Waals surface area contributed by atoms with E-state index in [1.165, 1.54) is 10.1 Å².